The summed E-state index contributed by atoms with van der Waals surface area (Å²) in [5, 5.41) is 12.4. The van der Waals surface area contributed by atoms with Crippen LogP contribution in [0.4, 0.5) is 0 Å². The topological polar surface area (TPSA) is 49.0 Å². The van der Waals surface area contributed by atoms with Crippen molar-refractivity contribution in [3.05, 3.63) is 59.5 Å². The molecule has 2 aromatic rings. The first-order chi connectivity index (χ1) is 10.3. The van der Waals surface area contributed by atoms with Crippen LogP contribution in [0.25, 0.3) is 0 Å². The van der Waals surface area contributed by atoms with Gasteiger partial charge < -0.3 is 9.73 Å². The van der Waals surface area contributed by atoms with Crippen molar-refractivity contribution in [2.75, 3.05) is 0 Å². The lowest BCUT2D eigenvalue weighted by atomic mass is 9.89. The van der Waals surface area contributed by atoms with Gasteiger partial charge in [0.2, 0.25) is 5.76 Å². The zero-order valence-corrected chi connectivity index (χ0v) is 12.7. The second-order valence-electron chi connectivity index (χ2n) is 5.22. The van der Waals surface area contributed by atoms with Crippen molar-refractivity contribution in [3.8, 4) is 6.07 Å². The maximum absolute atomic E-state index is 8.81. The summed E-state index contributed by atoms with van der Waals surface area (Å²) in [4.78, 5) is 0. The van der Waals surface area contributed by atoms with E-state index in [1.54, 1.807) is 6.07 Å². The molecule has 0 fully saturated rings. The minimum Gasteiger partial charge on any atom is -0.449 e. The molecule has 0 bridgehead atoms. The number of nitrogens with zero attached hydrogens (tertiary/aromatic N) is 1. The average molecular weight is 282 g/mol. The molecule has 1 aromatic carbocycles. The number of furan rings is 1. The van der Waals surface area contributed by atoms with Gasteiger partial charge in [0, 0.05) is 6.04 Å². The predicted octanol–water partition coefficient (Wildman–Crippen LogP) is 4.42. The van der Waals surface area contributed by atoms with Crippen LogP contribution in [0.5, 0.6) is 0 Å². The van der Waals surface area contributed by atoms with Crippen molar-refractivity contribution in [2.45, 2.75) is 39.3 Å². The largest absolute Gasteiger partial charge is 0.449 e. The summed E-state index contributed by atoms with van der Waals surface area (Å²) < 4.78 is 5.44. The fraction of sp³-hybridized carbons (Fsp3) is 0.389. The number of hydrogen-bond donors (Lipinski definition) is 1. The molecule has 0 saturated carbocycles. The maximum Gasteiger partial charge on any atom is 0.203 e. The van der Waals surface area contributed by atoms with Crippen LogP contribution in [-0.2, 0) is 6.54 Å². The molecule has 0 aliphatic rings. The van der Waals surface area contributed by atoms with Gasteiger partial charge in [-0.25, -0.2) is 0 Å². The van der Waals surface area contributed by atoms with E-state index in [0.29, 0.717) is 24.3 Å². The Balaban J connectivity index is 2.11. The van der Waals surface area contributed by atoms with Gasteiger partial charge in [-0.2, -0.15) is 5.26 Å². The van der Waals surface area contributed by atoms with E-state index < -0.39 is 0 Å². The van der Waals surface area contributed by atoms with E-state index in [2.05, 4.69) is 43.4 Å². The lowest BCUT2D eigenvalue weighted by Gasteiger charge is -2.26. The second-order valence-corrected chi connectivity index (χ2v) is 5.22. The predicted molar refractivity (Wildman–Crippen MR) is 83.5 cm³/mol. The van der Waals surface area contributed by atoms with Gasteiger partial charge in [-0.15, -0.1) is 0 Å². The number of nitriles is 1. The van der Waals surface area contributed by atoms with Gasteiger partial charge in [0.25, 0.3) is 0 Å². The number of benzene rings is 1. The van der Waals surface area contributed by atoms with E-state index in [9.17, 15) is 0 Å². The zero-order chi connectivity index (χ0) is 15.1. The fourth-order valence-corrected chi connectivity index (χ4v) is 2.72. The Morgan fingerprint density at radius 3 is 2.38 bits per heavy atom. The summed E-state index contributed by atoms with van der Waals surface area (Å²) in [6.07, 6.45) is 2.26. The minimum atomic E-state index is 0.303. The van der Waals surface area contributed by atoms with Crippen molar-refractivity contribution in [2.24, 2.45) is 5.92 Å². The van der Waals surface area contributed by atoms with Crippen molar-refractivity contribution < 1.29 is 4.42 Å². The molecule has 0 amide bonds. The van der Waals surface area contributed by atoms with Gasteiger partial charge in [-0.3, -0.25) is 0 Å². The Labute approximate surface area is 126 Å². The molecule has 1 atom stereocenters. The molecule has 1 unspecified atom stereocenters. The molecule has 0 radical (unpaired) electrons. The standard InChI is InChI=1S/C18H22N2O/c1-3-14(4-2)18(15-8-6-5-7-9-15)20-13-17-11-10-16(12-19)21-17/h5-11,14,18,20H,3-4,13H2,1-2H3. The summed E-state index contributed by atoms with van der Waals surface area (Å²) in [7, 11) is 0. The summed E-state index contributed by atoms with van der Waals surface area (Å²) >= 11 is 0. The average Bonchev–Trinajstić information content (AvgIpc) is 3.00. The van der Waals surface area contributed by atoms with Crippen LogP contribution >= 0.6 is 0 Å². The van der Waals surface area contributed by atoms with E-state index >= 15 is 0 Å². The maximum atomic E-state index is 8.81. The minimum absolute atomic E-state index is 0.303. The van der Waals surface area contributed by atoms with E-state index in [-0.39, 0.29) is 0 Å². The molecule has 0 aliphatic heterocycles. The highest BCUT2D eigenvalue weighted by Gasteiger charge is 2.20. The number of hydrogen-bond acceptors (Lipinski definition) is 3. The van der Waals surface area contributed by atoms with Crippen molar-refractivity contribution in [1.82, 2.24) is 5.32 Å². The third-order valence-electron chi connectivity index (χ3n) is 3.95. The quantitative estimate of drug-likeness (QED) is 0.818. The fourth-order valence-electron chi connectivity index (χ4n) is 2.72. The monoisotopic (exact) mass is 282 g/mol. The molecule has 0 aliphatic carbocycles. The van der Waals surface area contributed by atoms with Gasteiger partial charge in [-0.1, -0.05) is 57.0 Å². The lowest BCUT2D eigenvalue weighted by Crippen LogP contribution is -2.27. The second kappa shape index (κ2) is 7.66. The molecule has 1 aromatic heterocycles. The van der Waals surface area contributed by atoms with Crippen molar-refractivity contribution in [3.63, 3.8) is 0 Å². The smallest absolute Gasteiger partial charge is 0.203 e. The highest BCUT2D eigenvalue weighted by molar-refractivity contribution is 5.21. The van der Waals surface area contributed by atoms with Gasteiger partial charge >= 0.3 is 0 Å². The van der Waals surface area contributed by atoms with Gasteiger partial charge in [0.1, 0.15) is 11.8 Å². The van der Waals surface area contributed by atoms with Crippen molar-refractivity contribution >= 4 is 0 Å². The molecule has 2 rings (SSSR count). The Morgan fingerprint density at radius 2 is 1.81 bits per heavy atom. The van der Waals surface area contributed by atoms with Gasteiger partial charge in [0.15, 0.2) is 0 Å². The van der Waals surface area contributed by atoms with Crippen LogP contribution < -0.4 is 5.32 Å². The van der Waals surface area contributed by atoms with Crippen LogP contribution in [0, 0.1) is 17.2 Å². The normalized spacial score (nSPS) is 12.3. The molecular formula is C18H22N2O. The molecule has 21 heavy (non-hydrogen) atoms. The van der Waals surface area contributed by atoms with Crippen molar-refractivity contribution in [1.29, 1.82) is 5.26 Å². The zero-order valence-electron chi connectivity index (χ0n) is 12.7. The Hall–Kier alpha value is -2.05. The van der Waals surface area contributed by atoms with E-state index in [4.69, 9.17) is 9.68 Å². The highest BCUT2D eigenvalue weighted by atomic mass is 16.3. The SMILES string of the molecule is CCC(CC)C(NCc1ccc(C#N)o1)c1ccccc1. The molecule has 0 saturated heterocycles. The van der Waals surface area contributed by atoms with Crippen LogP contribution in [0.15, 0.2) is 46.9 Å². The van der Waals surface area contributed by atoms with Crippen LogP contribution in [0.2, 0.25) is 0 Å². The summed E-state index contributed by atoms with van der Waals surface area (Å²) in [6.45, 7) is 5.09. The third-order valence-corrected chi connectivity index (χ3v) is 3.95. The first kappa shape index (κ1) is 15.3. The molecule has 3 nitrogen and oxygen atoms in total. The summed E-state index contributed by atoms with van der Waals surface area (Å²) in [5.74, 6) is 1.75. The highest BCUT2D eigenvalue weighted by Crippen LogP contribution is 2.27. The van der Waals surface area contributed by atoms with Gasteiger partial charge in [-0.05, 0) is 23.6 Å². The Kier molecular flexibility index (Phi) is 5.59. The summed E-state index contributed by atoms with van der Waals surface area (Å²) in [5.41, 5.74) is 1.30. The van der Waals surface area contributed by atoms with Crippen LogP contribution in [-0.4, -0.2) is 0 Å². The van der Waals surface area contributed by atoms with E-state index in [1.165, 1.54) is 5.56 Å². The molecule has 110 valence electrons. The first-order valence-electron chi connectivity index (χ1n) is 7.55. The molecule has 0 spiro atoms. The Morgan fingerprint density at radius 1 is 1.10 bits per heavy atom. The van der Waals surface area contributed by atoms with E-state index in [1.807, 2.05) is 18.2 Å². The number of nitrogens with one attached hydrogen (secondary N) is 1. The molecule has 1 heterocycles. The number of rotatable bonds is 7. The van der Waals surface area contributed by atoms with Gasteiger partial charge in [0.05, 0.1) is 6.54 Å². The Bertz CT molecular complexity index is 579. The molecule has 1 N–H and O–H groups in total. The summed E-state index contributed by atoms with van der Waals surface area (Å²) in [6, 6.07) is 16.4. The first-order valence-corrected chi connectivity index (χ1v) is 7.55. The van der Waals surface area contributed by atoms with Crippen LogP contribution in [0.1, 0.15) is 49.8 Å². The lowest BCUT2D eigenvalue weighted by molar-refractivity contribution is 0.327. The van der Waals surface area contributed by atoms with Crippen LogP contribution in [0.3, 0.4) is 0 Å². The third kappa shape index (κ3) is 3.96. The molecular weight excluding hydrogens is 260 g/mol. The molecule has 3 heteroatoms. The van der Waals surface area contributed by atoms with E-state index in [0.717, 1.165) is 18.6 Å².